The van der Waals surface area contributed by atoms with Crippen molar-refractivity contribution < 1.29 is 9.90 Å². The fourth-order valence-electron chi connectivity index (χ4n) is 1.77. The highest BCUT2D eigenvalue weighted by Gasteiger charge is 2.15. The van der Waals surface area contributed by atoms with Gasteiger partial charge in [0.1, 0.15) is 0 Å². The molecule has 0 radical (unpaired) electrons. The molecule has 1 N–H and O–H groups in total. The van der Waals surface area contributed by atoms with Crippen LogP contribution in [0, 0.1) is 0 Å². The van der Waals surface area contributed by atoms with E-state index >= 15 is 0 Å². The lowest BCUT2D eigenvalue weighted by Crippen LogP contribution is -2.05. The first kappa shape index (κ1) is 15.4. The van der Waals surface area contributed by atoms with Crippen LogP contribution < -0.4 is 0 Å². The predicted octanol–water partition coefficient (Wildman–Crippen LogP) is 4.03. The van der Waals surface area contributed by atoms with Crippen LogP contribution in [0.3, 0.4) is 0 Å². The Morgan fingerprint density at radius 2 is 2.30 bits per heavy atom. The molecule has 0 unspecified atom stereocenters. The molecule has 0 saturated heterocycles. The summed E-state index contributed by atoms with van der Waals surface area (Å²) in [6, 6.07) is 5.57. The first-order valence-corrected chi connectivity index (χ1v) is 8.05. The SMILES string of the molecule is CCc1cnc(SCC(=O)O)n1-c1cccc(Cl)c1Br. The number of hydrogen-bond acceptors (Lipinski definition) is 3. The molecule has 1 aromatic heterocycles. The number of hydrogen-bond donors (Lipinski definition) is 1. The first-order valence-electron chi connectivity index (χ1n) is 5.90. The normalized spacial score (nSPS) is 10.8. The van der Waals surface area contributed by atoms with Crippen LogP contribution in [0.2, 0.25) is 5.02 Å². The number of aromatic nitrogens is 2. The molecule has 0 aliphatic carbocycles. The minimum absolute atomic E-state index is 0.0294. The van der Waals surface area contributed by atoms with Crippen molar-refractivity contribution in [3.05, 3.63) is 39.6 Å². The van der Waals surface area contributed by atoms with Gasteiger partial charge in [-0.15, -0.1) is 0 Å². The lowest BCUT2D eigenvalue weighted by atomic mass is 10.3. The lowest BCUT2D eigenvalue weighted by Gasteiger charge is -2.13. The van der Waals surface area contributed by atoms with Gasteiger partial charge in [-0.3, -0.25) is 9.36 Å². The van der Waals surface area contributed by atoms with E-state index in [1.807, 2.05) is 23.6 Å². The third kappa shape index (κ3) is 3.19. The van der Waals surface area contributed by atoms with Gasteiger partial charge < -0.3 is 5.11 Å². The fourth-order valence-corrected chi connectivity index (χ4v) is 3.10. The number of imidazole rings is 1. The van der Waals surface area contributed by atoms with Crippen LogP contribution in [0.15, 0.2) is 34.0 Å². The van der Waals surface area contributed by atoms with Crippen molar-refractivity contribution in [3.63, 3.8) is 0 Å². The maximum atomic E-state index is 10.7. The quantitative estimate of drug-likeness (QED) is 0.802. The molecule has 106 valence electrons. The van der Waals surface area contributed by atoms with E-state index in [9.17, 15) is 4.79 Å². The molecule has 1 aromatic carbocycles. The maximum Gasteiger partial charge on any atom is 0.313 e. The van der Waals surface area contributed by atoms with Crippen LogP contribution >= 0.6 is 39.3 Å². The number of nitrogens with zero attached hydrogens (tertiary/aromatic N) is 2. The number of carbonyl (C=O) groups is 1. The molecular weight excluding hydrogens is 364 g/mol. The van der Waals surface area contributed by atoms with Gasteiger partial charge in [-0.25, -0.2) is 4.98 Å². The highest BCUT2D eigenvalue weighted by atomic mass is 79.9. The Balaban J connectivity index is 2.50. The second-order valence-electron chi connectivity index (χ2n) is 3.98. The number of aryl methyl sites for hydroxylation is 1. The summed E-state index contributed by atoms with van der Waals surface area (Å²) < 4.78 is 2.70. The van der Waals surface area contributed by atoms with Gasteiger partial charge in [-0.05, 0) is 34.5 Å². The van der Waals surface area contributed by atoms with Gasteiger partial charge in [0.25, 0.3) is 0 Å². The van der Waals surface area contributed by atoms with E-state index in [0.29, 0.717) is 10.2 Å². The van der Waals surface area contributed by atoms with Crippen LogP contribution in [-0.4, -0.2) is 26.4 Å². The van der Waals surface area contributed by atoms with Crippen LogP contribution in [0.5, 0.6) is 0 Å². The summed E-state index contributed by atoms with van der Waals surface area (Å²) in [6.45, 7) is 2.03. The highest BCUT2D eigenvalue weighted by Crippen LogP contribution is 2.33. The van der Waals surface area contributed by atoms with Crippen LogP contribution in [0.25, 0.3) is 5.69 Å². The molecule has 0 aliphatic heterocycles. The second kappa shape index (κ2) is 6.65. The van der Waals surface area contributed by atoms with Crippen molar-refractivity contribution in [1.82, 2.24) is 9.55 Å². The van der Waals surface area contributed by atoms with Crippen LogP contribution in [-0.2, 0) is 11.2 Å². The number of halogens is 2. The van der Waals surface area contributed by atoms with Gasteiger partial charge in [-0.2, -0.15) is 0 Å². The van der Waals surface area contributed by atoms with Gasteiger partial charge in [0.2, 0.25) is 0 Å². The van der Waals surface area contributed by atoms with E-state index in [1.165, 1.54) is 11.8 Å². The molecule has 0 spiro atoms. The number of rotatable bonds is 5. The summed E-state index contributed by atoms with van der Waals surface area (Å²) in [5.41, 5.74) is 1.86. The number of thioether (sulfide) groups is 1. The van der Waals surface area contributed by atoms with Crippen molar-refractivity contribution >= 4 is 45.3 Å². The van der Waals surface area contributed by atoms with Gasteiger partial charge in [-0.1, -0.05) is 36.4 Å². The molecule has 7 heteroatoms. The monoisotopic (exact) mass is 374 g/mol. The van der Waals surface area contributed by atoms with Crippen LogP contribution in [0.4, 0.5) is 0 Å². The van der Waals surface area contributed by atoms with E-state index in [0.717, 1.165) is 22.3 Å². The molecule has 2 rings (SSSR count). The minimum atomic E-state index is -0.868. The zero-order valence-electron chi connectivity index (χ0n) is 10.6. The van der Waals surface area contributed by atoms with Gasteiger partial charge in [0.05, 0.1) is 20.9 Å². The molecule has 4 nitrogen and oxygen atoms in total. The molecule has 0 bridgehead atoms. The van der Waals surface area contributed by atoms with Crippen molar-refractivity contribution in [3.8, 4) is 5.69 Å². The van der Waals surface area contributed by atoms with E-state index in [1.54, 1.807) is 12.3 Å². The van der Waals surface area contributed by atoms with Crippen molar-refractivity contribution in [1.29, 1.82) is 0 Å². The smallest absolute Gasteiger partial charge is 0.313 e. The van der Waals surface area contributed by atoms with E-state index in [2.05, 4.69) is 20.9 Å². The maximum absolute atomic E-state index is 10.7. The van der Waals surface area contributed by atoms with Crippen molar-refractivity contribution in [2.75, 3.05) is 5.75 Å². The number of carboxylic acid groups (broad SMARTS) is 1. The van der Waals surface area contributed by atoms with E-state index < -0.39 is 5.97 Å². The Morgan fingerprint density at radius 3 is 2.95 bits per heavy atom. The Kier molecular flexibility index (Phi) is 5.12. The van der Waals surface area contributed by atoms with E-state index in [-0.39, 0.29) is 5.75 Å². The third-order valence-electron chi connectivity index (χ3n) is 2.66. The lowest BCUT2D eigenvalue weighted by molar-refractivity contribution is -0.133. The Hall–Kier alpha value is -0.980. The molecule has 1 heterocycles. The van der Waals surface area contributed by atoms with Crippen molar-refractivity contribution in [2.24, 2.45) is 0 Å². The first-order chi connectivity index (χ1) is 9.54. The Labute approximate surface area is 134 Å². The zero-order chi connectivity index (χ0) is 14.7. The Morgan fingerprint density at radius 1 is 1.55 bits per heavy atom. The van der Waals surface area contributed by atoms with Crippen molar-refractivity contribution in [2.45, 2.75) is 18.5 Å². The molecular formula is C13H12BrClN2O2S. The summed E-state index contributed by atoms with van der Waals surface area (Å²) in [4.78, 5) is 15.0. The number of benzene rings is 1. The minimum Gasteiger partial charge on any atom is -0.481 e. The van der Waals surface area contributed by atoms with E-state index in [4.69, 9.17) is 16.7 Å². The molecule has 0 atom stereocenters. The number of carboxylic acids is 1. The zero-order valence-corrected chi connectivity index (χ0v) is 13.8. The molecule has 2 aromatic rings. The highest BCUT2D eigenvalue weighted by molar-refractivity contribution is 9.10. The van der Waals surface area contributed by atoms with Crippen LogP contribution in [0.1, 0.15) is 12.6 Å². The standard InChI is InChI=1S/C13H12BrClN2O2S/c1-2-8-6-16-13(20-7-11(18)19)17(8)10-5-3-4-9(15)12(10)14/h3-6H,2,7H2,1H3,(H,18,19). The van der Waals surface area contributed by atoms with Gasteiger partial charge in [0, 0.05) is 11.9 Å². The molecule has 0 fully saturated rings. The summed E-state index contributed by atoms with van der Waals surface area (Å²) in [6.07, 6.45) is 2.55. The molecule has 0 aliphatic rings. The summed E-state index contributed by atoms with van der Waals surface area (Å²) in [5.74, 6) is -0.897. The average molecular weight is 376 g/mol. The van der Waals surface area contributed by atoms with Gasteiger partial charge >= 0.3 is 5.97 Å². The van der Waals surface area contributed by atoms with Gasteiger partial charge in [0.15, 0.2) is 5.16 Å². The number of aliphatic carboxylic acids is 1. The second-order valence-corrected chi connectivity index (χ2v) is 6.12. The fraction of sp³-hybridized carbons (Fsp3) is 0.231. The topological polar surface area (TPSA) is 55.1 Å². The average Bonchev–Trinajstić information content (AvgIpc) is 2.82. The molecule has 0 saturated carbocycles. The summed E-state index contributed by atoms with van der Waals surface area (Å²) >= 11 is 10.8. The summed E-state index contributed by atoms with van der Waals surface area (Å²) in [7, 11) is 0. The molecule has 20 heavy (non-hydrogen) atoms. The Bertz CT molecular complexity index is 645. The third-order valence-corrected chi connectivity index (χ3v) is 4.98. The molecule has 0 amide bonds. The largest absolute Gasteiger partial charge is 0.481 e. The summed E-state index contributed by atoms with van der Waals surface area (Å²) in [5, 5.41) is 10.1. The predicted molar refractivity (Wildman–Crippen MR) is 84.0 cm³/mol.